The first-order valence-electron chi connectivity index (χ1n) is 6.95. The molecule has 1 aliphatic rings. The number of hydrogen-bond donors (Lipinski definition) is 1. The van der Waals surface area contributed by atoms with Gasteiger partial charge in [-0.25, -0.2) is 0 Å². The molecule has 0 amide bonds. The molecule has 1 atom stereocenters. The highest BCUT2D eigenvalue weighted by Gasteiger charge is 2.35. The third-order valence-corrected chi connectivity index (χ3v) is 4.09. The minimum atomic E-state index is -0.482. The summed E-state index contributed by atoms with van der Waals surface area (Å²) in [6.45, 7) is 6.45. The van der Waals surface area contributed by atoms with Gasteiger partial charge < -0.3 is 5.11 Å². The minimum Gasteiger partial charge on any atom is -0.386 e. The molecule has 1 saturated heterocycles. The average molecular weight is 248 g/mol. The zero-order chi connectivity index (χ0) is 13.0. The Kier molecular flexibility index (Phi) is 4.36. The molecule has 1 fully saturated rings. The Morgan fingerprint density at radius 1 is 1.22 bits per heavy atom. The predicted octanol–water partition coefficient (Wildman–Crippen LogP) is 2.77. The van der Waals surface area contributed by atoms with Gasteiger partial charge in [-0.15, -0.1) is 0 Å². The van der Waals surface area contributed by atoms with E-state index in [4.69, 9.17) is 0 Å². The van der Waals surface area contributed by atoms with E-state index in [0.717, 1.165) is 18.7 Å². The van der Waals surface area contributed by atoms with E-state index >= 15 is 0 Å². The van der Waals surface area contributed by atoms with E-state index in [-0.39, 0.29) is 5.54 Å². The van der Waals surface area contributed by atoms with Crippen molar-refractivity contribution in [3.8, 4) is 0 Å². The quantitative estimate of drug-likeness (QED) is 0.893. The number of aliphatic hydroxyl groups excluding tert-OH is 1. The Morgan fingerprint density at radius 3 is 2.44 bits per heavy atom. The Morgan fingerprint density at radius 2 is 1.89 bits per heavy atom. The Labute approximate surface area is 110 Å². The normalized spacial score (nSPS) is 20.4. The molecular weight excluding hydrogens is 224 g/mol. The number of pyridine rings is 1. The fourth-order valence-electron chi connectivity index (χ4n) is 2.77. The van der Waals surface area contributed by atoms with E-state index in [1.54, 1.807) is 12.4 Å². The summed E-state index contributed by atoms with van der Waals surface area (Å²) in [5.41, 5.74) is 0.680. The van der Waals surface area contributed by atoms with Crippen molar-refractivity contribution < 1.29 is 5.11 Å². The summed E-state index contributed by atoms with van der Waals surface area (Å²) in [5.74, 6) is 0. The SMILES string of the molecule is CC(C)(C(O)c1cccnc1)N1CCCCCC1. The smallest absolute Gasteiger partial charge is 0.0983 e. The van der Waals surface area contributed by atoms with Crippen LogP contribution >= 0.6 is 0 Å². The van der Waals surface area contributed by atoms with Gasteiger partial charge >= 0.3 is 0 Å². The van der Waals surface area contributed by atoms with Gasteiger partial charge in [0.1, 0.15) is 0 Å². The lowest BCUT2D eigenvalue weighted by Gasteiger charge is -2.41. The summed E-state index contributed by atoms with van der Waals surface area (Å²) in [7, 11) is 0. The van der Waals surface area contributed by atoms with Crippen LogP contribution < -0.4 is 0 Å². The van der Waals surface area contributed by atoms with E-state index < -0.39 is 6.10 Å². The third-order valence-electron chi connectivity index (χ3n) is 4.09. The lowest BCUT2D eigenvalue weighted by atomic mass is 9.90. The lowest BCUT2D eigenvalue weighted by molar-refractivity contribution is -0.0102. The Bertz CT molecular complexity index is 356. The molecule has 3 nitrogen and oxygen atoms in total. The monoisotopic (exact) mass is 248 g/mol. The number of aliphatic hydroxyl groups is 1. The molecule has 0 aromatic carbocycles. The van der Waals surface area contributed by atoms with Gasteiger partial charge in [0, 0.05) is 23.5 Å². The molecule has 18 heavy (non-hydrogen) atoms. The average Bonchev–Trinajstić information content (AvgIpc) is 2.68. The van der Waals surface area contributed by atoms with Gasteiger partial charge in [-0.1, -0.05) is 18.9 Å². The van der Waals surface area contributed by atoms with Crippen molar-refractivity contribution in [2.45, 2.75) is 51.2 Å². The van der Waals surface area contributed by atoms with Gasteiger partial charge in [-0.2, -0.15) is 0 Å². The molecule has 1 N–H and O–H groups in total. The van der Waals surface area contributed by atoms with Crippen LogP contribution in [0.5, 0.6) is 0 Å². The van der Waals surface area contributed by atoms with E-state index in [0.29, 0.717) is 0 Å². The number of nitrogens with zero attached hydrogens (tertiary/aromatic N) is 2. The zero-order valence-corrected chi connectivity index (χ0v) is 11.5. The molecule has 1 unspecified atom stereocenters. The second-order valence-electron chi connectivity index (χ2n) is 5.74. The summed E-state index contributed by atoms with van der Waals surface area (Å²) in [4.78, 5) is 6.53. The van der Waals surface area contributed by atoms with Crippen LogP contribution in [0.2, 0.25) is 0 Å². The van der Waals surface area contributed by atoms with Crippen LogP contribution in [0.25, 0.3) is 0 Å². The zero-order valence-electron chi connectivity index (χ0n) is 11.5. The van der Waals surface area contributed by atoms with Gasteiger partial charge in [0.05, 0.1) is 6.10 Å². The number of rotatable bonds is 3. The number of hydrogen-bond acceptors (Lipinski definition) is 3. The van der Waals surface area contributed by atoms with Crippen LogP contribution in [0.4, 0.5) is 0 Å². The van der Waals surface area contributed by atoms with Gasteiger partial charge in [-0.05, 0) is 45.8 Å². The van der Waals surface area contributed by atoms with Crippen molar-refractivity contribution in [1.29, 1.82) is 0 Å². The van der Waals surface area contributed by atoms with Crippen molar-refractivity contribution >= 4 is 0 Å². The van der Waals surface area contributed by atoms with Crippen molar-refractivity contribution in [3.63, 3.8) is 0 Å². The molecule has 1 aromatic rings. The van der Waals surface area contributed by atoms with Gasteiger partial charge in [0.15, 0.2) is 0 Å². The van der Waals surface area contributed by atoms with Crippen LogP contribution in [0, 0.1) is 0 Å². The number of likely N-dealkylation sites (tertiary alicyclic amines) is 1. The summed E-state index contributed by atoms with van der Waals surface area (Å²) in [6, 6.07) is 3.84. The molecule has 0 aliphatic carbocycles. The maximum Gasteiger partial charge on any atom is 0.0983 e. The lowest BCUT2D eigenvalue weighted by Crippen LogP contribution is -2.48. The Balaban J connectivity index is 2.13. The highest BCUT2D eigenvalue weighted by Crippen LogP contribution is 2.32. The van der Waals surface area contributed by atoms with Crippen molar-refractivity contribution in [1.82, 2.24) is 9.88 Å². The first-order valence-corrected chi connectivity index (χ1v) is 6.95. The maximum atomic E-state index is 10.6. The molecule has 0 saturated carbocycles. The highest BCUT2D eigenvalue weighted by atomic mass is 16.3. The second-order valence-corrected chi connectivity index (χ2v) is 5.74. The van der Waals surface area contributed by atoms with Crippen molar-refractivity contribution in [2.75, 3.05) is 13.1 Å². The van der Waals surface area contributed by atoms with Crippen LogP contribution in [0.3, 0.4) is 0 Å². The van der Waals surface area contributed by atoms with E-state index in [1.807, 2.05) is 12.1 Å². The molecule has 0 spiro atoms. The topological polar surface area (TPSA) is 36.4 Å². The molecule has 0 radical (unpaired) electrons. The summed E-state index contributed by atoms with van der Waals surface area (Å²) in [6.07, 6.45) is 8.14. The molecule has 3 heteroatoms. The molecule has 100 valence electrons. The standard InChI is InChI=1S/C15H24N2O/c1-15(2,17-10-5-3-4-6-11-17)14(18)13-8-7-9-16-12-13/h7-9,12,14,18H,3-6,10-11H2,1-2H3. The molecule has 2 heterocycles. The molecular formula is C15H24N2O. The third kappa shape index (κ3) is 2.90. The van der Waals surface area contributed by atoms with E-state index in [1.165, 1.54) is 25.7 Å². The van der Waals surface area contributed by atoms with Crippen LogP contribution in [-0.2, 0) is 0 Å². The van der Waals surface area contributed by atoms with Crippen molar-refractivity contribution in [3.05, 3.63) is 30.1 Å². The largest absolute Gasteiger partial charge is 0.386 e. The van der Waals surface area contributed by atoms with E-state index in [2.05, 4.69) is 23.7 Å². The van der Waals surface area contributed by atoms with Gasteiger partial charge in [0.2, 0.25) is 0 Å². The van der Waals surface area contributed by atoms with Gasteiger partial charge in [0.25, 0.3) is 0 Å². The first-order chi connectivity index (χ1) is 8.62. The van der Waals surface area contributed by atoms with Crippen LogP contribution in [0.15, 0.2) is 24.5 Å². The summed E-state index contributed by atoms with van der Waals surface area (Å²) in [5, 5.41) is 10.6. The van der Waals surface area contributed by atoms with Crippen molar-refractivity contribution in [2.24, 2.45) is 0 Å². The second kappa shape index (κ2) is 5.81. The van der Waals surface area contributed by atoms with E-state index in [9.17, 15) is 5.11 Å². The summed E-state index contributed by atoms with van der Waals surface area (Å²) >= 11 is 0. The van der Waals surface area contributed by atoms with Gasteiger partial charge in [-0.3, -0.25) is 9.88 Å². The summed E-state index contributed by atoms with van der Waals surface area (Å²) < 4.78 is 0. The molecule has 2 rings (SSSR count). The number of aromatic nitrogens is 1. The molecule has 1 aromatic heterocycles. The first kappa shape index (κ1) is 13.5. The maximum absolute atomic E-state index is 10.6. The fraction of sp³-hybridized carbons (Fsp3) is 0.667. The van der Waals surface area contributed by atoms with Crippen LogP contribution in [0.1, 0.15) is 51.2 Å². The minimum absolute atomic E-state index is 0.229. The fourth-order valence-corrected chi connectivity index (χ4v) is 2.77. The highest BCUT2D eigenvalue weighted by molar-refractivity contribution is 5.16. The predicted molar refractivity (Wildman–Crippen MR) is 73.3 cm³/mol. The molecule has 1 aliphatic heterocycles. The van der Waals surface area contributed by atoms with Crippen LogP contribution in [-0.4, -0.2) is 33.6 Å². The Hall–Kier alpha value is -0.930. The molecule has 0 bridgehead atoms.